The van der Waals surface area contributed by atoms with Crippen LogP contribution in [-0.2, 0) is 11.3 Å². The number of H-pyrrole nitrogens is 1. The van der Waals surface area contributed by atoms with Crippen LogP contribution in [0, 0.1) is 0 Å². The SMILES string of the molecule is Clc1ccc2[nH]cc(CN3CCO[C@H](COc4ccccc4)C3)c2c1. The highest BCUT2D eigenvalue weighted by molar-refractivity contribution is 6.31. The Morgan fingerprint density at radius 2 is 2.08 bits per heavy atom. The summed E-state index contributed by atoms with van der Waals surface area (Å²) in [4.78, 5) is 5.73. The molecule has 1 aliphatic heterocycles. The molecule has 0 unspecified atom stereocenters. The molecular weight excluding hydrogens is 336 g/mol. The molecule has 1 saturated heterocycles. The molecule has 0 spiro atoms. The van der Waals surface area contributed by atoms with Crippen molar-refractivity contribution in [2.75, 3.05) is 26.3 Å². The molecule has 4 rings (SSSR count). The van der Waals surface area contributed by atoms with Gasteiger partial charge in [-0.1, -0.05) is 29.8 Å². The summed E-state index contributed by atoms with van der Waals surface area (Å²) in [6, 6.07) is 15.8. The van der Waals surface area contributed by atoms with Crippen LogP contribution >= 0.6 is 11.6 Å². The van der Waals surface area contributed by atoms with E-state index in [1.54, 1.807) is 0 Å². The summed E-state index contributed by atoms with van der Waals surface area (Å²) in [5.74, 6) is 0.884. The van der Waals surface area contributed by atoms with Crippen LogP contribution in [0.4, 0.5) is 0 Å². The van der Waals surface area contributed by atoms with Gasteiger partial charge in [-0.3, -0.25) is 4.90 Å². The van der Waals surface area contributed by atoms with Crippen molar-refractivity contribution in [2.24, 2.45) is 0 Å². The van der Waals surface area contributed by atoms with Gasteiger partial charge in [0.15, 0.2) is 0 Å². The number of aromatic nitrogens is 1. The third kappa shape index (κ3) is 3.98. The van der Waals surface area contributed by atoms with Gasteiger partial charge in [0.25, 0.3) is 0 Å². The van der Waals surface area contributed by atoms with Gasteiger partial charge in [0.1, 0.15) is 18.5 Å². The number of nitrogens with zero attached hydrogens (tertiary/aromatic N) is 1. The molecule has 2 aromatic carbocycles. The first-order valence-electron chi connectivity index (χ1n) is 8.55. The Morgan fingerprint density at radius 3 is 2.96 bits per heavy atom. The predicted octanol–water partition coefficient (Wildman–Crippen LogP) is 4.10. The minimum atomic E-state index is 0.0859. The largest absolute Gasteiger partial charge is 0.491 e. The molecule has 0 bridgehead atoms. The molecule has 25 heavy (non-hydrogen) atoms. The smallest absolute Gasteiger partial charge is 0.119 e. The van der Waals surface area contributed by atoms with Crippen LogP contribution < -0.4 is 4.74 Å². The molecule has 0 amide bonds. The lowest BCUT2D eigenvalue weighted by molar-refractivity contribution is -0.0503. The van der Waals surface area contributed by atoms with E-state index in [2.05, 4.69) is 16.1 Å². The third-order valence-electron chi connectivity index (χ3n) is 4.53. The number of para-hydroxylation sites is 1. The second kappa shape index (κ2) is 7.48. The van der Waals surface area contributed by atoms with E-state index in [9.17, 15) is 0 Å². The van der Waals surface area contributed by atoms with Gasteiger partial charge >= 0.3 is 0 Å². The Kier molecular flexibility index (Phi) is 4.92. The van der Waals surface area contributed by atoms with E-state index in [1.165, 1.54) is 10.9 Å². The first-order chi connectivity index (χ1) is 12.3. The van der Waals surface area contributed by atoms with E-state index < -0.39 is 0 Å². The molecule has 0 saturated carbocycles. The van der Waals surface area contributed by atoms with Crippen LogP contribution in [-0.4, -0.2) is 42.3 Å². The number of benzene rings is 2. The van der Waals surface area contributed by atoms with Gasteiger partial charge in [0.05, 0.1) is 6.61 Å². The topological polar surface area (TPSA) is 37.5 Å². The summed E-state index contributed by atoms with van der Waals surface area (Å²) >= 11 is 6.15. The van der Waals surface area contributed by atoms with Crippen LogP contribution in [0.3, 0.4) is 0 Å². The molecule has 1 fully saturated rings. The van der Waals surface area contributed by atoms with Crippen LogP contribution in [0.2, 0.25) is 5.02 Å². The van der Waals surface area contributed by atoms with Crippen LogP contribution in [0.5, 0.6) is 5.75 Å². The molecule has 3 aromatic rings. The quantitative estimate of drug-likeness (QED) is 0.747. The van der Waals surface area contributed by atoms with Gasteiger partial charge in [0.2, 0.25) is 0 Å². The Balaban J connectivity index is 1.38. The van der Waals surface area contributed by atoms with E-state index in [0.29, 0.717) is 6.61 Å². The van der Waals surface area contributed by atoms with Gasteiger partial charge in [-0.2, -0.15) is 0 Å². The number of hydrogen-bond donors (Lipinski definition) is 1. The van der Waals surface area contributed by atoms with Gasteiger partial charge in [-0.25, -0.2) is 0 Å². The van der Waals surface area contributed by atoms with Gasteiger partial charge in [0, 0.05) is 41.8 Å². The average Bonchev–Trinajstić information content (AvgIpc) is 3.03. The molecule has 2 heterocycles. The summed E-state index contributed by atoms with van der Waals surface area (Å²) in [5, 5.41) is 1.96. The highest BCUT2D eigenvalue weighted by Crippen LogP contribution is 2.24. The third-order valence-corrected chi connectivity index (χ3v) is 4.76. The van der Waals surface area contributed by atoms with Crippen molar-refractivity contribution >= 4 is 22.5 Å². The lowest BCUT2D eigenvalue weighted by atomic mass is 10.1. The highest BCUT2D eigenvalue weighted by atomic mass is 35.5. The molecule has 0 aliphatic carbocycles. The zero-order valence-corrected chi connectivity index (χ0v) is 14.7. The van der Waals surface area contributed by atoms with E-state index in [0.717, 1.165) is 42.5 Å². The van der Waals surface area contributed by atoms with Crippen molar-refractivity contribution in [3.63, 3.8) is 0 Å². The maximum Gasteiger partial charge on any atom is 0.119 e. The van der Waals surface area contributed by atoms with Crippen LogP contribution in [0.1, 0.15) is 5.56 Å². The molecule has 0 radical (unpaired) electrons. The Bertz CT molecular complexity index is 834. The predicted molar refractivity (Wildman–Crippen MR) is 100 cm³/mol. The maximum absolute atomic E-state index is 6.15. The number of ether oxygens (including phenoxy) is 2. The number of morpholine rings is 1. The van der Waals surface area contributed by atoms with E-state index in [-0.39, 0.29) is 6.10 Å². The highest BCUT2D eigenvalue weighted by Gasteiger charge is 2.22. The molecule has 5 heteroatoms. The second-order valence-corrected chi connectivity index (χ2v) is 6.79. The van der Waals surface area contributed by atoms with Crippen molar-refractivity contribution in [1.29, 1.82) is 0 Å². The number of fused-ring (bicyclic) bond motifs is 1. The lowest BCUT2D eigenvalue weighted by Crippen LogP contribution is -2.44. The minimum Gasteiger partial charge on any atom is -0.491 e. The van der Waals surface area contributed by atoms with Crippen molar-refractivity contribution < 1.29 is 9.47 Å². The van der Waals surface area contributed by atoms with Crippen LogP contribution in [0.25, 0.3) is 10.9 Å². The molecule has 1 aliphatic rings. The molecule has 1 aromatic heterocycles. The number of aromatic amines is 1. The Morgan fingerprint density at radius 1 is 1.20 bits per heavy atom. The van der Waals surface area contributed by atoms with Gasteiger partial charge < -0.3 is 14.5 Å². The second-order valence-electron chi connectivity index (χ2n) is 6.36. The standard InChI is InChI=1S/C20H21ClN2O2/c21-16-6-7-20-19(10-16)15(11-22-20)12-23-8-9-24-18(13-23)14-25-17-4-2-1-3-5-17/h1-7,10-11,18,22H,8-9,12-14H2/t18-/m0/s1. The fourth-order valence-electron chi connectivity index (χ4n) is 3.25. The lowest BCUT2D eigenvalue weighted by Gasteiger charge is -2.32. The molecule has 1 N–H and O–H groups in total. The zero-order valence-electron chi connectivity index (χ0n) is 14.0. The van der Waals surface area contributed by atoms with Crippen LogP contribution in [0.15, 0.2) is 54.7 Å². The van der Waals surface area contributed by atoms with Gasteiger partial charge in [-0.05, 0) is 35.9 Å². The Hall–Kier alpha value is -2.01. The van der Waals surface area contributed by atoms with Crippen molar-refractivity contribution in [1.82, 2.24) is 9.88 Å². The van der Waals surface area contributed by atoms with E-state index in [4.69, 9.17) is 21.1 Å². The number of rotatable bonds is 5. The minimum absolute atomic E-state index is 0.0859. The van der Waals surface area contributed by atoms with E-state index >= 15 is 0 Å². The summed E-state index contributed by atoms with van der Waals surface area (Å²) in [5.41, 5.74) is 2.39. The molecule has 4 nitrogen and oxygen atoms in total. The van der Waals surface area contributed by atoms with Crippen molar-refractivity contribution in [2.45, 2.75) is 12.6 Å². The van der Waals surface area contributed by atoms with E-state index in [1.807, 2.05) is 48.5 Å². The number of halogens is 1. The van der Waals surface area contributed by atoms with Crippen molar-refractivity contribution in [3.8, 4) is 5.75 Å². The summed E-state index contributed by atoms with van der Waals surface area (Å²) < 4.78 is 11.7. The normalized spacial score (nSPS) is 18.5. The summed E-state index contributed by atoms with van der Waals surface area (Å²) in [6.45, 7) is 3.97. The first-order valence-corrected chi connectivity index (χ1v) is 8.93. The number of nitrogens with one attached hydrogen (secondary N) is 1. The summed E-state index contributed by atoms with van der Waals surface area (Å²) in [6.07, 6.45) is 2.16. The Labute approximate surface area is 152 Å². The van der Waals surface area contributed by atoms with Crippen molar-refractivity contribution in [3.05, 3.63) is 65.3 Å². The monoisotopic (exact) mass is 356 g/mol. The maximum atomic E-state index is 6.15. The fraction of sp³-hybridized carbons (Fsp3) is 0.300. The number of hydrogen-bond acceptors (Lipinski definition) is 3. The first kappa shape index (κ1) is 16.5. The molecule has 130 valence electrons. The zero-order chi connectivity index (χ0) is 17.1. The fourth-order valence-corrected chi connectivity index (χ4v) is 3.43. The van der Waals surface area contributed by atoms with Gasteiger partial charge in [-0.15, -0.1) is 0 Å². The average molecular weight is 357 g/mol. The summed E-state index contributed by atoms with van der Waals surface area (Å²) in [7, 11) is 0. The molecule has 1 atom stereocenters. The molecular formula is C20H21ClN2O2.